The van der Waals surface area contributed by atoms with E-state index >= 15 is 0 Å². The van der Waals surface area contributed by atoms with Crippen molar-refractivity contribution in [2.45, 2.75) is 37.7 Å². The molecule has 4 bridgehead atoms. The van der Waals surface area contributed by atoms with E-state index in [0.717, 1.165) is 11.8 Å². The molecule has 0 amide bonds. The molecule has 4 saturated carbocycles. The first kappa shape index (κ1) is 8.05. The molecule has 0 saturated heterocycles. The Labute approximate surface area is 79.8 Å². The van der Waals surface area contributed by atoms with Gasteiger partial charge in [0, 0.05) is 0 Å². The molecule has 0 unspecified atom stereocenters. The van der Waals surface area contributed by atoms with Gasteiger partial charge in [-0.25, -0.2) is 0 Å². The lowest BCUT2D eigenvalue weighted by molar-refractivity contribution is -0.142. The zero-order chi connectivity index (χ0) is 9.05. The van der Waals surface area contributed by atoms with Crippen LogP contribution in [0.15, 0.2) is 12.7 Å². The van der Waals surface area contributed by atoms with Crippen molar-refractivity contribution in [2.24, 2.45) is 23.7 Å². The number of aliphatic hydroxyl groups is 1. The largest absolute Gasteiger partial charge is 0.385 e. The smallest absolute Gasteiger partial charge is 0.0881 e. The first-order chi connectivity index (χ1) is 6.22. The lowest BCUT2D eigenvalue weighted by Crippen LogP contribution is -2.56. The van der Waals surface area contributed by atoms with Gasteiger partial charge in [-0.15, -0.1) is 6.58 Å². The molecule has 0 heterocycles. The van der Waals surface area contributed by atoms with E-state index in [1.807, 2.05) is 6.08 Å². The van der Waals surface area contributed by atoms with Gasteiger partial charge in [0.15, 0.2) is 0 Å². The van der Waals surface area contributed by atoms with Gasteiger partial charge in [0.25, 0.3) is 0 Å². The molecule has 0 aromatic heterocycles. The van der Waals surface area contributed by atoms with Crippen LogP contribution in [0.2, 0.25) is 0 Å². The SMILES string of the molecule is C=CC1(O)C2CC3CC(C2)CC1C3. The van der Waals surface area contributed by atoms with Crippen molar-refractivity contribution < 1.29 is 5.11 Å². The van der Waals surface area contributed by atoms with Crippen LogP contribution in [0.25, 0.3) is 0 Å². The summed E-state index contributed by atoms with van der Waals surface area (Å²) in [5, 5.41) is 10.5. The normalized spacial score (nSPS) is 58.2. The molecule has 72 valence electrons. The Balaban J connectivity index is 1.97. The van der Waals surface area contributed by atoms with E-state index in [2.05, 4.69) is 6.58 Å². The Morgan fingerprint density at radius 3 is 1.85 bits per heavy atom. The highest BCUT2D eigenvalue weighted by molar-refractivity contribution is 5.13. The van der Waals surface area contributed by atoms with Crippen LogP contribution in [-0.4, -0.2) is 10.7 Å². The quantitative estimate of drug-likeness (QED) is 0.611. The molecule has 1 N–H and O–H groups in total. The lowest BCUT2D eigenvalue weighted by atomic mass is 9.50. The van der Waals surface area contributed by atoms with E-state index in [-0.39, 0.29) is 0 Å². The van der Waals surface area contributed by atoms with Gasteiger partial charge in [0.05, 0.1) is 5.60 Å². The molecule has 13 heavy (non-hydrogen) atoms. The molecule has 0 aliphatic heterocycles. The highest BCUT2D eigenvalue weighted by Crippen LogP contribution is 2.58. The number of rotatable bonds is 1. The predicted molar refractivity (Wildman–Crippen MR) is 52.2 cm³/mol. The maximum atomic E-state index is 10.5. The molecule has 4 rings (SSSR count). The third-order valence-electron chi connectivity index (χ3n) is 4.77. The molecule has 0 aromatic carbocycles. The van der Waals surface area contributed by atoms with E-state index in [4.69, 9.17) is 0 Å². The molecular weight excluding hydrogens is 160 g/mol. The maximum absolute atomic E-state index is 10.5. The summed E-state index contributed by atoms with van der Waals surface area (Å²) in [6.45, 7) is 3.83. The second-order valence-corrected chi connectivity index (χ2v) is 5.40. The van der Waals surface area contributed by atoms with E-state index in [1.54, 1.807) is 0 Å². The summed E-state index contributed by atoms with van der Waals surface area (Å²) >= 11 is 0. The van der Waals surface area contributed by atoms with E-state index in [0.29, 0.717) is 11.8 Å². The van der Waals surface area contributed by atoms with Crippen LogP contribution in [0, 0.1) is 23.7 Å². The van der Waals surface area contributed by atoms with Crippen LogP contribution < -0.4 is 0 Å². The van der Waals surface area contributed by atoms with Crippen LogP contribution in [0.4, 0.5) is 0 Å². The van der Waals surface area contributed by atoms with Crippen LogP contribution in [0.1, 0.15) is 32.1 Å². The van der Waals surface area contributed by atoms with Crippen molar-refractivity contribution in [3.63, 3.8) is 0 Å². The van der Waals surface area contributed by atoms with Crippen molar-refractivity contribution in [2.75, 3.05) is 0 Å². The van der Waals surface area contributed by atoms with Gasteiger partial charge in [-0.3, -0.25) is 0 Å². The van der Waals surface area contributed by atoms with Crippen LogP contribution >= 0.6 is 0 Å². The van der Waals surface area contributed by atoms with Crippen molar-refractivity contribution in [1.82, 2.24) is 0 Å². The molecule has 0 atom stereocenters. The Morgan fingerprint density at radius 2 is 1.46 bits per heavy atom. The van der Waals surface area contributed by atoms with Crippen molar-refractivity contribution in [3.05, 3.63) is 12.7 Å². The summed E-state index contributed by atoms with van der Waals surface area (Å²) in [4.78, 5) is 0. The van der Waals surface area contributed by atoms with Crippen molar-refractivity contribution in [1.29, 1.82) is 0 Å². The Hall–Kier alpha value is -0.300. The summed E-state index contributed by atoms with van der Waals surface area (Å²) in [6, 6.07) is 0. The average molecular weight is 178 g/mol. The molecule has 4 aliphatic rings. The highest BCUT2D eigenvalue weighted by atomic mass is 16.3. The Morgan fingerprint density at radius 1 is 1.00 bits per heavy atom. The van der Waals surface area contributed by atoms with E-state index in [1.165, 1.54) is 32.1 Å². The summed E-state index contributed by atoms with van der Waals surface area (Å²) in [7, 11) is 0. The molecule has 4 aliphatic carbocycles. The fourth-order valence-corrected chi connectivity index (χ4v) is 4.27. The third-order valence-corrected chi connectivity index (χ3v) is 4.77. The molecule has 4 fully saturated rings. The van der Waals surface area contributed by atoms with Crippen LogP contribution in [0.3, 0.4) is 0 Å². The molecule has 0 spiro atoms. The zero-order valence-electron chi connectivity index (χ0n) is 8.08. The van der Waals surface area contributed by atoms with Crippen molar-refractivity contribution >= 4 is 0 Å². The summed E-state index contributed by atoms with van der Waals surface area (Å²) in [6.07, 6.45) is 8.32. The van der Waals surface area contributed by atoms with Gasteiger partial charge in [0.2, 0.25) is 0 Å². The molecule has 0 radical (unpaired) electrons. The van der Waals surface area contributed by atoms with Gasteiger partial charge in [-0.1, -0.05) is 6.08 Å². The third kappa shape index (κ3) is 0.914. The van der Waals surface area contributed by atoms with Gasteiger partial charge in [-0.05, 0) is 55.8 Å². The van der Waals surface area contributed by atoms with Gasteiger partial charge >= 0.3 is 0 Å². The molecule has 1 heteroatoms. The first-order valence-electron chi connectivity index (χ1n) is 5.58. The molecule has 1 nitrogen and oxygen atoms in total. The average Bonchev–Trinajstić information content (AvgIpc) is 2.13. The summed E-state index contributed by atoms with van der Waals surface area (Å²) in [5.74, 6) is 2.95. The Kier molecular flexibility index (Phi) is 1.48. The fraction of sp³-hybridized carbons (Fsp3) is 0.833. The predicted octanol–water partition coefficient (Wildman–Crippen LogP) is 2.36. The number of hydrogen-bond acceptors (Lipinski definition) is 1. The van der Waals surface area contributed by atoms with Gasteiger partial charge < -0.3 is 5.11 Å². The molecular formula is C12H18O. The highest BCUT2D eigenvalue weighted by Gasteiger charge is 2.54. The summed E-state index contributed by atoms with van der Waals surface area (Å²) in [5.41, 5.74) is -0.493. The number of hydrogen-bond donors (Lipinski definition) is 1. The second kappa shape index (κ2) is 2.38. The molecule has 0 aromatic rings. The fourth-order valence-electron chi connectivity index (χ4n) is 4.27. The van der Waals surface area contributed by atoms with Gasteiger partial charge in [-0.2, -0.15) is 0 Å². The standard InChI is InChI=1S/C12H18O/c1-2-12(13)10-4-8-3-9(6-10)7-11(12)5-8/h2,8-11,13H,1,3-7H2. The van der Waals surface area contributed by atoms with E-state index < -0.39 is 5.60 Å². The zero-order valence-corrected chi connectivity index (χ0v) is 8.08. The maximum Gasteiger partial charge on any atom is 0.0881 e. The topological polar surface area (TPSA) is 20.2 Å². The first-order valence-corrected chi connectivity index (χ1v) is 5.58. The van der Waals surface area contributed by atoms with Gasteiger partial charge in [0.1, 0.15) is 0 Å². The second-order valence-electron chi connectivity index (χ2n) is 5.40. The van der Waals surface area contributed by atoms with Crippen LogP contribution in [0.5, 0.6) is 0 Å². The van der Waals surface area contributed by atoms with E-state index in [9.17, 15) is 5.11 Å². The monoisotopic (exact) mass is 178 g/mol. The Bertz CT molecular complexity index is 216. The van der Waals surface area contributed by atoms with Crippen LogP contribution in [-0.2, 0) is 0 Å². The van der Waals surface area contributed by atoms with Crippen molar-refractivity contribution in [3.8, 4) is 0 Å². The summed E-state index contributed by atoms with van der Waals surface area (Å²) < 4.78 is 0. The minimum absolute atomic E-state index is 0.493. The lowest BCUT2D eigenvalue weighted by Gasteiger charge is -2.58. The minimum atomic E-state index is -0.493. The minimum Gasteiger partial charge on any atom is -0.385 e.